The van der Waals surface area contributed by atoms with E-state index in [-0.39, 0.29) is 6.10 Å². The first kappa shape index (κ1) is 14.7. The fourth-order valence-corrected chi connectivity index (χ4v) is 2.45. The van der Waals surface area contributed by atoms with Crippen LogP contribution in [0.2, 0.25) is 0 Å². The topological polar surface area (TPSA) is 20.2 Å². The third-order valence-corrected chi connectivity index (χ3v) is 3.83. The largest absolute Gasteiger partial charge is 0.393 e. The van der Waals surface area contributed by atoms with E-state index in [4.69, 9.17) is 0 Å². The van der Waals surface area contributed by atoms with Crippen LogP contribution in [0, 0.1) is 0 Å². The number of unbranched alkanes of at least 4 members (excludes halogenated alkanes) is 4. The van der Waals surface area contributed by atoms with E-state index in [0.717, 1.165) is 23.7 Å². The molecule has 0 aromatic heterocycles. The second kappa shape index (κ2) is 8.71. The Hall–Kier alpha value is -0.340. The van der Waals surface area contributed by atoms with Gasteiger partial charge in [0.05, 0.1) is 6.10 Å². The lowest BCUT2D eigenvalue weighted by molar-refractivity contribution is 0.160. The van der Waals surface area contributed by atoms with Crippen molar-refractivity contribution in [2.24, 2.45) is 0 Å². The van der Waals surface area contributed by atoms with Gasteiger partial charge >= 0.3 is 0 Å². The molecule has 0 saturated heterocycles. The molecule has 96 valence electrons. The Kier molecular flexibility index (Phi) is 7.54. The van der Waals surface area contributed by atoms with Gasteiger partial charge in [-0.2, -0.15) is 0 Å². The van der Waals surface area contributed by atoms with Gasteiger partial charge in [0.15, 0.2) is 0 Å². The van der Waals surface area contributed by atoms with Gasteiger partial charge in [-0.3, -0.25) is 0 Å². The van der Waals surface area contributed by atoms with Crippen molar-refractivity contribution in [1.29, 1.82) is 0 Å². The molecule has 1 aromatic carbocycles. The predicted molar refractivity (Wildman–Crippen MR) is 77.2 cm³/mol. The lowest BCUT2D eigenvalue weighted by Gasteiger charge is -2.11. The zero-order chi connectivity index (χ0) is 12.5. The minimum Gasteiger partial charge on any atom is -0.393 e. The van der Waals surface area contributed by atoms with Gasteiger partial charge in [-0.15, -0.1) is 0 Å². The van der Waals surface area contributed by atoms with Gasteiger partial charge in [0.2, 0.25) is 0 Å². The van der Waals surface area contributed by atoms with E-state index in [9.17, 15) is 5.11 Å². The SMILES string of the molecule is CCCCCCCC(O)Cc1ccccc1Br. The number of aliphatic hydroxyl groups excluding tert-OH is 1. The number of benzene rings is 1. The van der Waals surface area contributed by atoms with Crippen LogP contribution >= 0.6 is 15.9 Å². The first-order valence-electron chi connectivity index (χ1n) is 6.65. The molecule has 0 aliphatic rings. The molecule has 17 heavy (non-hydrogen) atoms. The number of hydrogen-bond donors (Lipinski definition) is 1. The van der Waals surface area contributed by atoms with Gasteiger partial charge in [-0.25, -0.2) is 0 Å². The van der Waals surface area contributed by atoms with Crippen LogP contribution < -0.4 is 0 Å². The third kappa shape index (κ3) is 6.23. The van der Waals surface area contributed by atoms with Crippen LogP contribution in [0.1, 0.15) is 51.0 Å². The fourth-order valence-electron chi connectivity index (χ4n) is 2.00. The Balaban J connectivity index is 2.21. The van der Waals surface area contributed by atoms with E-state index >= 15 is 0 Å². The first-order valence-corrected chi connectivity index (χ1v) is 7.44. The zero-order valence-electron chi connectivity index (χ0n) is 10.7. The van der Waals surface area contributed by atoms with Crippen molar-refractivity contribution in [3.63, 3.8) is 0 Å². The smallest absolute Gasteiger partial charge is 0.0581 e. The van der Waals surface area contributed by atoms with Crippen LogP contribution in [-0.4, -0.2) is 11.2 Å². The van der Waals surface area contributed by atoms with Crippen molar-refractivity contribution < 1.29 is 5.11 Å². The Morgan fingerprint density at radius 2 is 1.82 bits per heavy atom. The Bertz CT molecular complexity index is 312. The summed E-state index contributed by atoms with van der Waals surface area (Å²) in [6.45, 7) is 2.22. The summed E-state index contributed by atoms with van der Waals surface area (Å²) in [5.74, 6) is 0. The van der Waals surface area contributed by atoms with E-state index in [1.54, 1.807) is 0 Å². The summed E-state index contributed by atoms with van der Waals surface area (Å²) in [6, 6.07) is 8.13. The van der Waals surface area contributed by atoms with Crippen molar-refractivity contribution in [2.45, 2.75) is 58.0 Å². The maximum absolute atomic E-state index is 9.96. The standard InChI is InChI=1S/C15H23BrO/c1-2-3-4-5-6-10-14(17)12-13-9-7-8-11-15(13)16/h7-9,11,14,17H,2-6,10,12H2,1H3. The highest BCUT2D eigenvalue weighted by Crippen LogP contribution is 2.19. The normalized spacial score (nSPS) is 12.6. The highest BCUT2D eigenvalue weighted by molar-refractivity contribution is 9.10. The molecule has 0 aliphatic heterocycles. The average Bonchev–Trinajstić information content (AvgIpc) is 2.32. The molecule has 0 bridgehead atoms. The van der Waals surface area contributed by atoms with Crippen molar-refractivity contribution >= 4 is 15.9 Å². The maximum atomic E-state index is 9.96. The van der Waals surface area contributed by atoms with Gasteiger partial charge in [-0.1, -0.05) is 73.2 Å². The van der Waals surface area contributed by atoms with E-state index in [1.807, 2.05) is 18.2 Å². The zero-order valence-corrected chi connectivity index (χ0v) is 12.2. The van der Waals surface area contributed by atoms with Crippen LogP contribution in [-0.2, 0) is 6.42 Å². The molecule has 1 aromatic rings. The first-order chi connectivity index (χ1) is 8.24. The second-order valence-electron chi connectivity index (χ2n) is 4.65. The molecule has 1 N–H and O–H groups in total. The summed E-state index contributed by atoms with van der Waals surface area (Å²) < 4.78 is 1.10. The summed E-state index contributed by atoms with van der Waals surface area (Å²) in [4.78, 5) is 0. The van der Waals surface area contributed by atoms with Crippen molar-refractivity contribution in [3.8, 4) is 0 Å². The molecule has 1 atom stereocenters. The van der Waals surface area contributed by atoms with Crippen molar-refractivity contribution in [3.05, 3.63) is 34.3 Å². The number of hydrogen-bond acceptors (Lipinski definition) is 1. The Morgan fingerprint density at radius 3 is 2.53 bits per heavy atom. The van der Waals surface area contributed by atoms with E-state index in [0.29, 0.717) is 0 Å². The summed E-state index contributed by atoms with van der Waals surface area (Å²) in [5, 5.41) is 9.96. The molecule has 0 amide bonds. The van der Waals surface area contributed by atoms with Crippen molar-refractivity contribution in [2.75, 3.05) is 0 Å². The summed E-state index contributed by atoms with van der Waals surface area (Å²) in [5.41, 5.74) is 1.20. The minimum atomic E-state index is -0.199. The van der Waals surface area contributed by atoms with Gasteiger partial charge in [0, 0.05) is 4.47 Å². The number of aliphatic hydroxyl groups is 1. The highest BCUT2D eigenvalue weighted by Gasteiger charge is 2.07. The highest BCUT2D eigenvalue weighted by atomic mass is 79.9. The van der Waals surface area contributed by atoms with Crippen LogP contribution in [0.5, 0.6) is 0 Å². The summed E-state index contributed by atoms with van der Waals surface area (Å²) >= 11 is 3.52. The molecule has 1 rings (SSSR count). The third-order valence-electron chi connectivity index (χ3n) is 3.05. The second-order valence-corrected chi connectivity index (χ2v) is 5.51. The molecule has 0 aliphatic carbocycles. The summed E-state index contributed by atoms with van der Waals surface area (Å²) in [7, 11) is 0. The molecular formula is C15H23BrO. The van der Waals surface area contributed by atoms with Crippen LogP contribution in [0.4, 0.5) is 0 Å². The quantitative estimate of drug-likeness (QED) is 0.689. The van der Waals surface area contributed by atoms with Crippen LogP contribution in [0.3, 0.4) is 0 Å². The monoisotopic (exact) mass is 298 g/mol. The molecule has 0 spiro atoms. The van der Waals surface area contributed by atoms with Gasteiger partial charge < -0.3 is 5.11 Å². The van der Waals surface area contributed by atoms with Gasteiger partial charge in [0.1, 0.15) is 0 Å². The average molecular weight is 299 g/mol. The molecule has 1 nitrogen and oxygen atoms in total. The van der Waals surface area contributed by atoms with Crippen LogP contribution in [0.15, 0.2) is 28.7 Å². The van der Waals surface area contributed by atoms with E-state index < -0.39 is 0 Å². The Morgan fingerprint density at radius 1 is 1.12 bits per heavy atom. The van der Waals surface area contributed by atoms with Crippen molar-refractivity contribution in [1.82, 2.24) is 0 Å². The maximum Gasteiger partial charge on any atom is 0.0581 e. The lowest BCUT2D eigenvalue weighted by atomic mass is 10.0. The number of halogens is 1. The fraction of sp³-hybridized carbons (Fsp3) is 0.600. The van der Waals surface area contributed by atoms with Gasteiger partial charge in [0.25, 0.3) is 0 Å². The molecule has 0 fully saturated rings. The molecule has 0 heterocycles. The van der Waals surface area contributed by atoms with Crippen LogP contribution in [0.25, 0.3) is 0 Å². The molecular weight excluding hydrogens is 276 g/mol. The van der Waals surface area contributed by atoms with Gasteiger partial charge in [-0.05, 0) is 24.5 Å². The minimum absolute atomic E-state index is 0.199. The number of rotatable bonds is 8. The molecule has 1 unspecified atom stereocenters. The Labute approximate surface area is 113 Å². The predicted octanol–water partition coefficient (Wildman–Crippen LogP) is 4.71. The van der Waals surface area contributed by atoms with E-state index in [2.05, 4.69) is 28.9 Å². The van der Waals surface area contributed by atoms with E-state index in [1.165, 1.54) is 31.2 Å². The summed E-state index contributed by atoms with van der Waals surface area (Å²) in [6.07, 6.45) is 7.78. The molecule has 0 radical (unpaired) electrons. The molecule has 2 heteroatoms. The lowest BCUT2D eigenvalue weighted by Crippen LogP contribution is -2.10. The molecule has 0 saturated carbocycles.